The van der Waals surface area contributed by atoms with E-state index in [0.29, 0.717) is 18.3 Å². The van der Waals surface area contributed by atoms with Gasteiger partial charge in [-0.1, -0.05) is 23.4 Å². The van der Waals surface area contributed by atoms with Crippen LogP contribution in [0, 0.1) is 0 Å². The maximum atomic E-state index is 5.22. The number of aromatic nitrogens is 2. The fourth-order valence-electron chi connectivity index (χ4n) is 1.59. The number of benzene rings is 1. The first-order chi connectivity index (χ1) is 9.31. The third-order valence-electron chi connectivity index (χ3n) is 2.47. The van der Waals surface area contributed by atoms with Gasteiger partial charge in [0.1, 0.15) is 0 Å². The molecule has 6 heteroatoms. The Labute approximate surface area is 122 Å². The number of hydrogen-bond acceptors (Lipinski definition) is 5. The third-order valence-corrected chi connectivity index (χ3v) is 4.16. The average molecular weight is 336 g/mol. The Morgan fingerprint density at radius 1 is 1.26 bits per heavy atom. The van der Waals surface area contributed by atoms with Crippen molar-refractivity contribution in [1.82, 2.24) is 10.1 Å². The van der Waals surface area contributed by atoms with Crippen LogP contribution in [0.3, 0.4) is 0 Å². The molecule has 0 radical (unpaired) electrons. The van der Waals surface area contributed by atoms with E-state index in [4.69, 9.17) is 4.52 Å². The minimum absolute atomic E-state index is 0.517. The van der Waals surface area contributed by atoms with Gasteiger partial charge in [-0.2, -0.15) is 4.98 Å². The van der Waals surface area contributed by atoms with Gasteiger partial charge in [0.2, 0.25) is 11.7 Å². The van der Waals surface area contributed by atoms with Gasteiger partial charge in [-0.25, -0.2) is 0 Å². The molecule has 0 atom stereocenters. The summed E-state index contributed by atoms with van der Waals surface area (Å²) in [5.74, 6) is 1.20. The molecule has 3 aromatic rings. The van der Waals surface area contributed by atoms with Crippen LogP contribution >= 0.6 is 27.3 Å². The summed E-state index contributed by atoms with van der Waals surface area (Å²) in [6, 6.07) is 11.9. The van der Waals surface area contributed by atoms with E-state index in [1.165, 1.54) is 0 Å². The highest BCUT2D eigenvalue weighted by molar-refractivity contribution is 9.10. The van der Waals surface area contributed by atoms with Gasteiger partial charge in [-0.05, 0) is 34.1 Å². The molecule has 3 rings (SSSR count). The van der Waals surface area contributed by atoms with Gasteiger partial charge >= 0.3 is 0 Å². The van der Waals surface area contributed by atoms with Crippen LogP contribution in [0.4, 0.5) is 5.69 Å². The minimum atomic E-state index is 0.517. The fraction of sp³-hybridized carbons (Fsp3) is 0.0769. The zero-order valence-electron chi connectivity index (χ0n) is 9.84. The molecule has 1 N–H and O–H groups in total. The Morgan fingerprint density at radius 2 is 2.11 bits per heavy atom. The van der Waals surface area contributed by atoms with Crippen molar-refractivity contribution < 1.29 is 4.52 Å². The molecule has 0 bridgehead atoms. The van der Waals surface area contributed by atoms with E-state index in [1.807, 2.05) is 41.8 Å². The molecule has 0 unspecified atom stereocenters. The van der Waals surface area contributed by atoms with Crippen molar-refractivity contribution in [3.05, 3.63) is 52.1 Å². The predicted octanol–water partition coefficient (Wildman–Crippen LogP) is 4.17. The number of rotatable bonds is 4. The molecule has 4 nitrogen and oxygen atoms in total. The van der Waals surface area contributed by atoms with Gasteiger partial charge < -0.3 is 9.84 Å². The first kappa shape index (κ1) is 12.4. The molecule has 0 aliphatic carbocycles. The number of nitrogens with zero attached hydrogens (tertiary/aromatic N) is 2. The summed E-state index contributed by atoms with van der Waals surface area (Å²) in [5, 5.41) is 9.20. The number of para-hydroxylation sites is 1. The molecular formula is C13H10BrN3OS. The van der Waals surface area contributed by atoms with Crippen molar-refractivity contribution in [2.24, 2.45) is 0 Å². The molecule has 0 spiro atoms. The molecule has 0 saturated heterocycles. The maximum absolute atomic E-state index is 5.22. The summed E-state index contributed by atoms with van der Waals surface area (Å²) < 4.78 is 6.25. The summed E-state index contributed by atoms with van der Waals surface area (Å²) in [4.78, 5) is 5.35. The Kier molecular flexibility index (Phi) is 3.61. The normalized spacial score (nSPS) is 10.6. The van der Waals surface area contributed by atoms with Gasteiger partial charge in [0.15, 0.2) is 0 Å². The van der Waals surface area contributed by atoms with E-state index in [9.17, 15) is 0 Å². The van der Waals surface area contributed by atoms with E-state index in [1.54, 1.807) is 11.3 Å². The molecule has 96 valence electrons. The van der Waals surface area contributed by atoms with Crippen molar-refractivity contribution in [2.75, 3.05) is 5.32 Å². The Morgan fingerprint density at radius 3 is 2.84 bits per heavy atom. The molecule has 0 aliphatic rings. The molecule has 0 fully saturated rings. The van der Waals surface area contributed by atoms with Crippen LogP contribution in [0.1, 0.15) is 5.89 Å². The van der Waals surface area contributed by atoms with Crippen LogP contribution in [-0.2, 0) is 6.54 Å². The van der Waals surface area contributed by atoms with Crippen LogP contribution in [0.15, 0.2) is 50.8 Å². The maximum Gasteiger partial charge on any atom is 0.246 e. The Balaban J connectivity index is 1.68. The van der Waals surface area contributed by atoms with Gasteiger partial charge in [-0.15, -0.1) is 11.3 Å². The lowest BCUT2D eigenvalue weighted by Crippen LogP contribution is -1.99. The predicted molar refractivity (Wildman–Crippen MR) is 79.1 cm³/mol. The summed E-state index contributed by atoms with van der Waals surface area (Å²) in [6.45, 7) is 0.517. The molecule has 2 heterocycles. The first-order valence-electron chi connectivity index (χ1n) is 5.67. The molecule has 0 aliphatic heterocycles. The second-order valence-electron chi connectivity index (χ2n) is 3.86. The smallest absolute Gasteiger partial charge is 0.246 e. The van der Waals surface area contributed by atoms with Crippen molar-refractivity contribution in [3.8, 4) is 10.7 Å². The number of nitrogens with one attached hydrogen (secondary N) is 1. The Bertz CT molecular complexity index is 665. The molecule has 1 aromatic carbocycles. The van der Waals surface area contributed by atoms with E-state index in [0.717, 1.165) is 15.0 Å². The van der Waals surface area contributed by atoms with E-state index < -0.39 is 0 Å². The molecular weight excluding hydrogens is 326 g/mol. The van der Waals surface area contributed by atoms with E-state index in [2.05, 4.69) is 31.4 Å². The zero-order valence-corrected chi connectivity index (χ0v) is 12.2. The second kappa shape index (κ2) is 5.54. The lowest BCUT2D eigenvalue weighted by atomic mass is 10.3. The minimum Gasteiger partial charge on any atom is -0.376 e. The lowest BCUT2D eigenvalue weighted by molar-refractivity contribution is 0.384. The summed E-state index contributed by atoms with van der Waals surface area (Å²) >= 11 is 4.99. The average Bonchev–Trinajstić information content (AvgIpc) is 3.06. The Hall–Kier alpha value is -1.66. The van der Waals surface area contributed by atoms with Gasteiger partial charge in [0.05, 0.1) is 11.4 Å². The lowest BCUT2D eigenvalue weighted by Gasteiger charge is -2.01. The fourth-order valence-corrected chi connectivity index (χ4v) is 2.94. The number of halogens is 1. The number of anilines is 1. The molecule has 0 amide bonds. The van der Waals surface area contributed by atoms with E-state index >= 15 is 0 Å². The SMILES string of the molecule is Brc1csc(-c2noc(CNc3ccccc3)n2)c1. The standard InChI is InChI=1S/C13H10BrN3OS/c14-9-6-11(19-8-9)13-16-12(18-17-13)7-15-10-4-2-1-3-5-10/h1-6,8,15H,7H2. The highest BCUT2D eigenvalue weighted by atomic mass is 79.9. The monoisotopic (exact) mass is 335 g/mol. The van der Waals surface area contributed by atoms with Crippen LogP contribution < -0.4 is 5.32 Å². The van der Waals surface area contributed by atoms with Crippen LogP contribution in [0.2, 0.25) is 0 Å². The van der Waals surface area contributed by atoms with Crippen LogP contribution in [0.25, 0.3) is 10.7 Å². The first-order valence-corrected chi connectivity index (χ1v) is 7.34. The molecule has 19 heavy (non-hydrogen) atoms. The summed E-state index contributed by atoms with van der Waals surface area (Å²) in [5.41, 5.74) is 1.03. The quantitative estimate of drug-likeness (QED) is 0.777. The third kappa shape index (κ3) is 3.02. The van der Waals surface area contributed by atoms with Gasteiger partial charge in [0.25, 0.3) is 0 Å². The summed E-state index contributed by atoms with van der Waals surface area (Å²) in [6.07, 6.45) is 0. The van der Waals surface area contributed by atoms with Gasteiger partial charge in [0, 0.05) is 15.5 Å². The van der Waals surface area contributed by atoms with Crippen LogP contribution in [-0.4, -0.2) is 10.1 Å². The number of hydrogen-bond donors (Lipinski definition) is 1. The highest BCUT2D eigenvalue weighted by Gasteiger charge is 2.10. The largest absolute Gasteiger partial charge is 0.376 e. The van der Waals surface area contributed by atoms with Crippen LogP contribution in [0.5, 0.6) is 0 Å². The van der Waals surface area contributed by atoms with Crippen molar-refractivity contribution in [3.63, 3.8) is 0 Å². The second-order valence-corrected chi connectivity index (χ2v) is 5.69. The van der Waals surface area contributed by atoms with Crippen molar-refractivity contribution in [2.45, 2.75) is 6.54 Å². The zero-order chi connectivity index (χ0) is 13.1. The number of thiophene rings is 1. The summed E-state index contributed by atoms with van der Waals surface area (Å²) in [7, 11) is 0. The van der Waals surface area contributed by atoms with Crippen molar-refractivity contribution in [1.29, 1.82) is 0 Å². The van der Waals surface area contributed by atoms with Crippen molar-refractivity contribution >= 4 is 33.0 Å². The highest BCUT2D eigenvalue weighted by Crippen LogP contribution is 2.27. The van der Waals surface area contributed by atoms with Gasteiger partial charge in [-0.3, -0.25) is 0 Å². The molecule has 0 saturated carbocycles. The molecule has 2 aromatic heterocycles. The van der Waals surface area contributed by atoms with E-state index in [-0.39, 0.29) is 0 Å². The topological polar surface area (TPSA) is 51.0 Å².